The fourth-order valence-electron chi connectivity index (χ4n) is 3.50. The lowest BCUT2D eigenvalue weighted by molar-refractivity contribution is -0.122. The summed E-state index contributed by atoms with van der Waals surface area (Å²) >= 11 is 0. The van der Waals surface area contributed by atoms with E-state index in [1.165, 1.54) is 18.4 Å². The van der Waals surface area contributed by atoms with Crippen molar-refractivity contribution in [3.63, 3.8) is 0 Å². The van der Waals surface area contributed by atoms with Crippen molar-refractivity contribution < 1.29 is 9.90 Å². The number of carbonyl (C=O) groups excluding carboxylic acids is 1. The third-order valence-corrected chi connectivity index (χ3v) is 5.41. The van der Waals surface area contributed by atoms with Gasteiger partial charge >= 0.3 is 0 Å². The molecule has 1 aliphatic heterocycles. The molecule has 1 aromatic rings. The van der Waals surface area contributed by atoms with Gasteiger partial charge in [-0.05, 0) is 48.6 Å². The molecule has 2 fully saturated rings. The van der Waals surface area contributed by atoms with Crippen LogP contribution in [-0.4, -0.2) is 35.1 Å². The SMILES string of the molecule is C[C@H](CC(=O)NCc1ccc(CN2CCC(O)CC2)cc1)C1CC1. The molecular weight excluding hydrogens is 300 g/mol. The van der Waals surface area contributed by atoms with E-state index in [-0.39, 0.29) is 12.0 Å². The van der Waals surface area contributed by atoms with Gasteiger partial charge in [-0.1, -0.05) is 31.2 Å². The summed E-state index contributed by atoms with van der Waals surface area (Å²) in [5, 5.41) is 12.6. The lowest BCUT2D eigenvalue weighted by Gasteiger charge is -2.29. The third-order valence-electron chi connectivity index (χ3n) is 5.41. The number of likely N-dealkylation sites (tertiary alicyclic amines) is 1. The number of rotatable bonds is 7. The molecule has 2 aliphatic rings. The van der Waals surface area contributed by atoms with Gasteiger partial charge in [-0.25, -0.2) is 0 Å². The Kier molecular flexibility index (Phi) is 5.90. The Balaban J connectivity index is 1.40. The zero-order valence-electron chi connectivity index (χ0n) is 14.7. The summed E-state index contributed by atoms with van der Waals surface area (Å²) < 4.78 is 0. The van der Waals surface area contributed by atoms with Crippen LogP contribution >= 0.6 is 0 Å². The maximum atomic E-state index is 12.0. The van der Waals surface area contributed by atoms with E-state index in [4.69, 9.17) is 0 Å². The first kappa shape index (κ1) is 17.4. The zero-order chi connectivity index (χ0) is 16.9. The summed E-state index contributed by atoms with van der Waals surface area (Å²) in [5.41, 5.74) is 2.45. The van der Waals surface area contributed by atoms with Crippen LogP contribution in [0.2, 0.25) is 0 Å². The van der Waals surface area contributed by atoms with Crippen molar-refractivity contribution in [3.8, 4) is 0 Å². The van der Waals surface area contributed by atoms with Crippen LogP contribution in [0.5, 0.6) is 0 Å². The molecule has 3 rings (SSSR count). The van der Waals surface area contributed by atoms with E-state index >= 15 is 0 Å². The highest BCUT2D eigenvalue weighted by molar-refractivity contribution is 5.76. The molecule has 4 heteroatoms. The summed E-state index contributed by atoms with van der Waals surface area (Å²) in [4.78, 5) is 14.4. The molecule has 1 saturated carbocycles. The van der Waals surface area contributed by atoms with Crippen molar-refractivity contribution in [2.45, 2.75) is 58.2 Å². The van der Waals surface area contributed by atoms with Crippen LogP contribution in [-0.2, 0) is 17.9 Å². The molecule has 1 atom stereocenters. The minimum absolute atomic E-state index is 0.116. The summed E-state index contributed by atoms with van der Waals surface area (Å²) in [7, 11) is 0. The van der Waals surface area contributed by atoms with E-state index in [1.54, 1.807) is 0 Å². The van der Waals surface area contributed by atoms with Crippen LogP contribution in [0, 0.1) is 11.8 Å². The molecule has 1 amide bonds. The number of nitrogens with one attached hydrogen (secondary N) is 1. The van der Waals surface area contributed by atoms with E-state index in [1.807, 2.05) is 0 Å². The van der Waals surface area contributed by atoms with Crippen LogP contribution in [0.25, 0.3) is 0 Å². The summed E-state index contributed by atoms with van der Waals surface area (Å²) in [5.74, 6) is 1.48. The maximum Gasteiger partial charge on any atom is 0.220 e. The number of piperidine rings is 1. The number of amides is 1. The van der Waals surface area contributed by atoms with Gasteiger partial charge in [0.15, 0.2) is 0 Å². The average molecular weight is 330 g/mol. The van der Waals surface area contributed by atoms with E-state index in [0.29, 0.717) is 18.9 Å². The van der Waals surface area contributed by atoms with Crippen molar-refractivity contribution in [1.29, 1.82) is 0 Å². The third kappa shape index (κ3) is 5.32. The molecule has 24 heavy (non-hydrogen) atoms. The highest BCUT2D eigenvalue weighted by Crippen LogP contribution is 2.38. The standard InChI is InChI=1S/C20H30N2O2/c1-15(18-6-7-18)12-20(24)21-13-16-2-4-17(5-3-16)14-22-10-8-19(23)9-11-22/h2-5,15,18-19,23H,6-14H2,1H3,(H,21,24)/t15-/m1/s1. The fourth-order valence-corrected chi connectivity index (χ4v) is 3.50. The van der Waals surface area contributed by atoms with E-state index in [0.717, 1.165) is 44.0 Å². The number of hydrogen-bond acceptors (Lipinski definition) is 3. The Morgan fingerprint density at radius 3 is 2.42 bits per heavy atom. The normalized spacial score (nSPS) is 20.8. The van der Waals surface area contributed by atoms with Crippen LogP contribution in [0.15, 0.2) is 24.3 Å². The first-order chi connectivity index (χ1) is 11.6. The second-order valence-electron chi connectivity index (χ2n) is 7.62. The van der Waals surface area contributed by atoms with Gasteiger partial charge < -0.3 is 10.4 Å². The van der Waals surface area contributed by atoms with Crippen LogP contribution in [0.1, 0.15) is 50.2 Å². The first-order valence-electron chi connectivity index (χ1n) is 9.35. The van der Waals surface area contributed by atoms with Crippen molar-refractivity contribution in [2.24, 2.45) is 11.8 Å². The van der Waals surface area contributed by atoms with Gasteiger partial charge in [0.05, 0.1) is 6.10 Å². The topological polar surface area (TPSA) is 52.6 Å². The van der Waals surface area contributed by atoms with Gasteiger partial charge in [0.25, 0.3) is 0 Å². The lowest BCUT2D eigenvalue weighted by atomic mass is 10.0. The molecule has 132 valence electrons. The number of carbonyl (C=O) groups is 1. The largest absolute Gasteiger partial charge is 0.393 e. The predicted molar refractivity (Wildman–Crippen MR) is 95.3 cm³/mol. The molecule has 1 heterocycles. The highest BCUT2D eigenvalue weighted by atomic mass is 16.3. The molecule has 0 bridgehead atoms. The average Bonchev–Trinajstić information content (AvgIpc) is 3.41. The Labute approximate surface area is 145 Å². The second-order valence-corrected chi connectivity index (χ2v) is 7.62. The fraction of sp³-hybridized carbons (Fsp3) is 0.650. The predicted octanol–water partition coefficient (Wildman–Crippen LogP) is 2.70. The Morgan fingerprint density at radius 2 is 1.79 bits per heavy atom. The molecule has 1 aliphatic carbocycles. The number of hydrogen-bond donors (Lipinski definition) is 2. The van der Waals surface area contributed by atoms with Gasteiger partial charge in [-0.2, -0.15) is 0 Å². The van der Waals surface area contributed by atoms with Gasteiger partial charge in [0.1, 0.15) is 0 Å². The van der Waals surface area contributed by atoms with Crippen LogP contribution in [0.4, 0.5) is 0 Å². The smallest absolute Gasteiger partial charge is 0.220 e. The minimum atomic E-state index is -0.116. The van der Waals surface area contributed by atoms with Gasteiger partial charge in [0, 0.05) is 32.6 Å². The van der Waals surface area contributed by atoms with Crippen molar-refractivity contribution in [2.75, 3.05) is 13.1 Å². The van der Waals surface area contributed by atoms with Crippen LogP contribution in [0.3, 0.4) is 0 Å². The van der Waals surface area contributed by atoms with Gasteiger partial charge in [-0.15, -0.1) is 0 Å². The molecule has 0 radical (unpaired) electrons. The molecule has 4 nitrogen and oxygen atoms in total. The molecule has 1 aromatic carbocycles. The summed E-state index contributed by atoms with van der Waals surface area (Å²) in [6.07, 6.45) is 4.89. The summed E-state index contributed by atoms with van der Waals surface area (Å²) in [6.45, 7) is 5.69. The molecule has 2 N–H and O–H groups in total. The number of aliphatic hydroxyl groups excluding tert-OH is 1. The maximum absolute atomic E-state index is 12.0. The quantitative estimate of drug-likeness (QED) is 0.808. The van der Waals surface area contributed by atoms with Crippen molar-refractivity contribution in [1.82, 2.24) is 10.2 Å². The second kappa shape index (κ2) is 8.13. The minimum Gasteiger partial charge on any atom is -0.393 e. The molecule has 0 spiro atoms. The monoisotopic (exact) mass is 330 g/mol. The van der Waals surface area contributed by atoms with Gasteiger partial charge in [0.2, 0.25) is 5.91 Å². The Morgan fingerprint density at radius 1 is 1.17 bits per heavy atom. The van der Waals surface area contributed by atoms with Crippen molar-refractivity contribution in [3.05, 3.63) is 35.4 Å². The van der Waals surface area contributed by atoms with Crippen molar-refractivity contribution >= 4 is 5.91 Å². The van der Waals surface area contributed by atoms with E-state index < -0.39 is 0 Å². The molecule has 0 aromatic heterocycles. The van der Waals surface area contributed by atoms with Crippen LogP contribution < -0.4 is 5.32 Å². The zero-order valence-corrected chi connectivity index (χ0v) is 14.7. The van der Waals surface area contributed by atoms with E-state index in [2.05, 4.69) is 41.4 Å². The number of nitrogens with zero attached hydrogens (tertiary/aromatic N) is 1. The summed E-state index contributed by atoms with van der Waals surface area (Å²) in [6, 6.07) is 8.52. The first-order valence-corrected chi connectivity index (χ1v) is 9.35. The Bertz CT molecular complexity index is 531. The molecule has 0 unspecified atom stereocenters. The highest BCUT2D eigenvalue weighted by Gasteiger charge is 2.29. The number of aliphatic hydroxyl groups is 1. The van der Waals surface area contributed by atoms with Gasteiger partial charge in [-0.3, -0.25) is 9.69 Å². The number of benzene rings is 1. The molecular formula is C20H30N2O2. The van der Waals surface area contributed by atoms with E-state index in [9.17, 15) is 9.90 Å². The molecule has 1 saturated heterocycles. The lowest BCUT2D eigenvalue weighted by Crippen LogP contribution is -2.35. The Hall–Kier alpha value is -1.39.